The summed E-state index contributed by atoms with van der Waals surface area (Å²) in [6, 6.07) is 8.26. The molecule has 0 bridgehead atoms. The minimum Gasteiger partial charge on any atom is -0.491 e. The van der Waals surface area contributed by atoms with Crippen LogP contribution in [0.5, 0.6) is 5.75 Å². The lowest BCUT2D eigenvalue weighted by atomic mass is 10.1. The number of aromatic nitrogens is 2. The number of nitrogens with one attached hydrogen (secondary N) is 1. The standard InChI is InChI=1S/C16H23N3O/c1-5-19-10-9-18-16(19)15(17-4)13-7-6-8-14(11-13)20-12(2)3/h6-12,15,17H,5H2,1-4H3. The highest BCUT2D eigenvalue weighted by Crippen LogP contribution is 2.24. The second-order valence-electron chi connectivity index (χ2n) is 5.03. The molecule has 0 aliphatic heterocycles. The molecule has 2 rings (SSSR count). The predicted octanol–water partition coefficient (Wildman–Crippen LogP) is 3.00. The monoisotopic (exact) mass is 273 g/mol. The van der Waals surface area contributed by atoms with E-state index in [1.54, 1.807) is 0 Å². The van der Waals surface area contributed by atoms with E-state index in [0.717, 1.165) is 23.7 Å². The van der Waals surface area contributed by atoms with Crippen molar-refractivity contribution >= 4 is 0 Å². The van der Waals surface area contributed by atoms with Crippen molar-refractivity contribution in [2.24, 2.45) is 0 Å². The van der Waals surface area contributed by atoms with Crippen LogP contribution in [0.3, 0.4) is 0 Å². The van der Waals surface area contributed by atoms with Gasteiger partial charge in [0.25, 0.3) is 0 Å². The van der Waals surface area contributed by atoms with Gasteiger partial charge < -0.3 is 14.6 Å². The molecule has 1 aromatic carbocycles. The number of benzene rings is 1. The molecule has 0 spiro atoms. The van der Waals surface area contributed by atoms with Crippen LogP contribution in [0.15, 0.2) is 36.7 Å². The van der Waals surface area contributed by atoms with Crippen LogP contribution < -0.4 is 10.1 Å². The maximum atomic E-state index is 5.77. The van der Waals surface area contributed by atoms with E-state index in [2.05, 4.69) is 33.9 Å². The molecule has 1 atom stereocenters. The Morgan fingerprint density at radius 1 is 1.35 bits per heavy atom. The van der Waals surface area contributed by atoms with Crippen LogP contribution in [0.25, 0.3) is 0 Å². The number of rotatable bonds is 6. The van der Waals surface area contributed by atoms with Crippen molar-refractivity contribution in [3.8, 4) is 5.75 Å². The number of aryl methyl sites for hydroxylation is 1. The molecule has 1 heterocycles. The van der Waals surface area contributed by atoms with Gasteiger partial charge in [0.15, 0.2) is 0 Å². The zero-order valence-corrected chi connectivity index (χ0v) is 12.6. The van der Waals surface area contributed by atoms with Crippen molar-refractivity contribution in [2.45, 2.75) is 39.5 Å². The summed E-state index contributed by atoms with van der Waals surface area (Å²) >= 11 is 0. The summed E-state index contributed by atoms with van der Waals surface area (Å²) < 4.78 is 7.92. The molecule has 1 aromatic heterocycles. The Morgan fingerprint density at radius 2 is 2.15 bits per heavy atom. The Hall–Kier alpha value is -1.81. The SMILES string of the molecule is CCn1ccnc1C(NC)c1cccc(OC(C)C)c1. The molecular formula is C16H23N3O. The molecule has 0 saturated heterocycles. The molecule has 0 radical (unpaired) electrons. The molecule has 4 heteroatoms. The van der Waals surface area contributed by atoms with E-state index in [0.29, 0.717) is 0 Å². The van der Waals surface area contributed by atoms with Crippen LogP contribution in [0.1, 0.15) is 38.2 Å². The lowest BCUT2D eigenvalue weighted by molar-refractivity contribution is 0.242. The molecule has 0 saturated carbocycles. The van der Waals surface area contributed by atoms with Gasteiger partial charge in [0.05, 0.1) is 12.1 Å². The Morgan fingerprint density at radius 3 is 2.80 bits per heavy atom. The van der Waals surface area contributed by atoms with Crippen molar-refractivity contribution in [1.29, 1.82) is 0 Å². The van der Waals surface area contributed by atoms with Crippen molar-refractivity contribution in [1.82, 2.24) is 14.9 Å². The molecule has 2 aromatic rings. The third-order valence-corrected chi connectivity index (χ3v) is 3.20. The number of nitrogens with zero attached hydrogens (tertiary/aromatic N) is 2. The molecule has 0 aliphatic rings. The van der Waals surface area contributed by atoms with Crippen molar-refractivity contribution < 1.29 is 4.74 Å². The molecule has 0 aliphatic carbocycles. The van der Waals surface area contributed by atoms with E-state index < -0.39 is 0 Å². The maximum Gasteiger partial charge on any atom is 0.130 e. The third-order valence-electron chi connectivity index (χ3n) is 3.20. The van der Waals surface area contributed by atoms with Crippen LogP contribution in [-0.2, 0) is 6.54 Å². The zero-order valence-electron chi connectivity index (χ0n) is 12.6. The zero-order chi connectivity index (χ0) is 14.5. The molecule has 0 fully saturated rings. The van der Waals surface area contributed by atoms with Crippen LogP contribution >= 0.6 is 0 Å². The van der Waals surface area contributed by atoms with Gasteiger partial charge in [-0.05, 0) is 45.5 Å². The Bertz CT molecular complexity index is 548. The van der Waals surface area contributed by atoms with Gasteiger partial charge in [-0.1, -0.05) is 12.1 Å². The number of hydrogen-bond acceptors (Lipinski definition) is 3. The number of hydrogen-bond donors (Lipinski definition) is 1. The fraction of sp³-hybridized carbons (Fsp3) is 0.438. The smallest absolute Gasteiger partial charge is 0.130 e. The topological polar surface area (TPSA) is 39.1 Å². The van der Waals surface area contributed by atoms with Gasteiger partial charge in [-0.2, -0.15) is 0 Å². The van der Waals surface area contributed by atoms with E-state index in [9.17, 15) is 0 Å². The van der Waals surface area contributed by atoms with Gasteiger partial charge in [-0.25, -0.2) is 4.98 Å². The lowest BCUT2D eigenvalue weighted by Crippen LogP contribution is -2.22. The molecule has 1 unspecified atom stereocenters. The summed E-state index contributed by atoms with van der Waals surface area (Å²) in [5.41, 5.74) is 1.16. The van der Waals surface area contributed by atoms with E-state index in [4.69, 9.17) is 4.74 Å². The van der Waals surface area contributed by atoms with Crippen LogP contribution in [0, 0.1) is 0 Å². The lowest BCUT2D eigenvalue weighted by Gasteiger charge is -2.19. The fourth-order valence-corrected chi connectivity index (χ4v) is 2.33. The molecule has 20 heavy (non-hydrogen) atoms. The van der Waals surface area contributed by atoms with Crippen molar-refractivity contribution in [3.63, 3.8) is 0 Å². The highest BCUT2D eigenvalue weighted by atomic mass is 16.5. The highest BCUT2D eigenvalue weighted by molar-refractivity contribution is 5.33. The van der Waals surface area contributed by atoms with Crippen molar-refractivity contribution in [2.75, 3.05) is 7.05 Å². The van der Waals surface area contributed by atoms with Gasteiger partial charge in [-0.3, -0.25) is 0 Å². The number of imidazole rings is 1. The largest absolute Gasteiger partial charge is 0.491 e. The fourth-order valence-electron chi connectivity index (χ4n) is 2.33. The summed E-state index contributed by atoms with van der Waals surface area (Å²) in [6.07, 6.45) is 4.03. The van der Waals surface area contributed by atoms with Gasteiger partial charge in [-0.15, -0.1) is 0 Å². The molecule has 1 N–H and O–H groups in total. The Balaban J connectivity index is 2.32. The molecule has 4 nitrogen and oxygen atoms in total. The normalized spacial score (nSPS) is 12.7. The van der Waals surface area contributed by atoms with Crippen molar-refractivity contribution in [3.05, 3.63) is 48.0 Å². The summed E-state index contributed by atoms with van der Waals surface area (Å²) in [6.45, 7) is 7.10. The van der Waals surface area contributed by atoms with E-state index >= 15 is 0 Å². The summed E-state index contributed by atoms with van der Waals surface area (Å²) in [5.74, 6) is 1.92. The first-order valence-corrected chi connectivity index (χ1v) is 7.10. The Labute approximate surface area is 120 Å². The second kappa shape index (κ2) is 6.57. The highest BCUT2D eigenvalue weighted by Gasteiger charge is 2.17. The average Bonchev–Trinajstić information content (AvgIpc) is 2.87. The summed E-state index contributed by atoms with van der Waals surface area (Å²) in [7, 11) is 1.95. The predicted molar refractivity (Wildman–Crippen MR) is 81.0 cm³/mol. The second-order valence-corrected chi connectivity index (χ2v) is 5.03. The van der Waals surface area contributed by atoms with Gasteiger partial charge in [0.1, 0.15) is 11.6 Å². The van der Waals surface area contributed by atoms with Crippen LogP contribution in [0.2, 0.25) is 0 Å². The minimum atomic E-state index is 0.0701. The average molecular weight is 273 g/mol. The van der Waals surface area contributed by atoms with Crippen LogP contribution in [0.4, 0.5) is 0 Å². The van der Waals surface area contributed by atoms with Gasteiger partial charge >= 0.3 is 0 Å². The molecule has 108 valence electrons. The summed E-state index contributed by atoms with van der Waals surface area (Å²) in [5, 5.41) is 3.34. The first-order valence-electron chi connectivity index (χ1n) is 7.10. The quantitative estimate of drug-likeness (QED) is 0.879. The van der Waals surface area contributed by atoms with E-state index in [1.807, 2.05) is 45.4 Å². The summed E-state index contributed by atoms with van der Waals surface area (Å²) in [4.78, 5) is 4.48. The first kappa shape index (κ1) is 14.6. The van der Waals surface area contributed by atoms with Crippen LogP contribution in [-0.4, -0.2) is 22.7 Å². The molecule has 0 amide bonds. The molecular weight excluding hydrogens is 250 g/mol. The maximum absolute atomic E-state index is 5.77. The van der Waals surface area contributed by atoms with E-state index in [1.165, 1.54) is 0 Å². The van der Waals surface area contributed by atoms with Gasteiger partial charge in [0, 0.05) is 18.9 Å². The van der Waals surface area contributed by atoms with Gasteiger partial charge in [0.2, 0.25) is 0 Å². The Kier molecular flexibility index (Phi) is 4.79. The number of ether oxygens (including phenoxy) is 1. The first-order chi connectivity index (χ1) is 9.65. The minimum absolute atomic E-state index is 0.0701. The third kappa shape index (κ3) is 3.20. The van der Waals surface area contributed by atoms with E-state index in [-0.39, 0.29) is 12.1 Å².